The number of ether oxygens (including phenoxy) is 2. The fourth-order valence-corrected chi connectivity index (χ4v) is 4.90. The smallest absolute Gasteiger partial charge is 0.231 e. The number of aliphatic hydroxyl groups excluding tert-OH is 1. The summed E-state index contributed by atoms with van der Waals surface area (Å²) in [6.07, 6.45) is 2.95. The summed E-state index contributed by atoms with van der Waals surface area (Å²) in [4.78, 5) is 2.51. The van der Waals surface area contributed by atoms with Gasteiger partial charge in [-0.1, -0.05) is 25.5 Å². The molecule has 1 fully saturated rings. The van der Waals surface area contributed by atoms with Crippen molar-refractivity contribution in [2.45, 2.75) is 57.0 Å². The van der Waals surface area contributed by atoms with Crippen molar-refractivity contribution in [3.63, 3.8) is 0 Å². The summed E-state index contributed by atoms with van der Waals surface area (Å²) >= 11 is 0. The van der Waals surface area contributed by atoms with Crippen molar-refractivity contribution in [3.8, 4) is 11.5 Å². The Morgan fingerprint density at radius 1 is 1.25 bits per heavy atom. The highest BCUT2D eigenvalue weighted by atomic mass is 16.7. The summed E-state index contributed by atoms with van der Waals surface area (Å²) in [5.41, 5.74) is 3.98. The first-order chi connectivity index (χ1) is 11.6. The highest BCUT2D eigenvalue weighted by Crippen LogP contribution is 2.49. The average Bonchev–Trinajstić information content (AvgIpc) is 3.15. The Morgan fingerprint density at radius 2 is 2.04 bits per heavy atom. The number of rotatable bonds is 2. The van der Waals surface area contributed by atoms with E-state index >= 15 is 0 Å². The molecule has 3 aliphatic heterocycles. The first-order valence-corrected chi connectivity index (χ1v) is 8.93. The molecular formula is C19H24N2O3. The van der Waals surface area contributed by atoms with Gasteiger partial charge in [0.2, 0.25) is 6.79 Å². The molecule has 1 saturated heterocycles. The Labute approximate surface area is 142 Å². The molecule has 5 rings (SSSR count). The van der Waals surface area contributed by atoms with Crippen molar-refractivity contribution < 1.29 is 14.6 Å². The molecule has 5 heteroatoms. The lowest BCUT2D eigenvalue weighted by Crippen LogP contribution is -2.54. The van der Waals surface area contributed by atoms with Crippen LogP contribution in [0.1, 0.15) is 37.3 Å². The number of nitrogens with zero attached hydrogens (tertiary/aromatic N) is 1. The Bertz CT molecular complexity index is 715. The quantitative estimate of drug-likeness (QED) is 0.810. The first-order valence-electron chi connectivity index (χ1n) is 8.93. The summed E-state index contributed by atoms with van der Waals surface area (Å²) in [7, 11) is 0. The molecular weight excluding hydrogens is 304 g/mol. The summed E-state index contributed by atoms with van der Waals surface area (Å²) in [5.74, 6) is 1.75. The second-order valence-corrected chi connectivity index (χ2v) is 7.67. The molecule has 0 amide bonds. The lowest BCUT2D eigenvalue weighted by Gasteiger charge is -2.46. The largest absolute Gasteiger partial charge is 0.454 e. The van der Waals surface area contributed by atoms with E-state index in [2.05, 4.69) is 42.3 Å². The van der Waals surface area contributed by atoms with Crippen LogP contribution in [0, 0.1) is 0 Å². The molecule has 0 unspecified atom stereocenters. The summed E-state index contributed by atoms with van der Waals surface area (Å²) in [6.45, 7) is 6.55. The lowest BCUT2D eigenvalue weighted by atomic mass is 9.72. The maximum atomic E-state index is 11.2. The van der Waals surface area contributed by atoms with Crippen LogP contribution in [0.4, 0.5) is 0 Å². The molecule has 0 spiro atoms. The van der Waals surface area contributed by atoms with Crippen molar-refractivity contribution in [2.75, 3.05) is 13.3 Å². The predicted octanol–water partition coefficient (Wildman–Crippen LogP) is 1.75. The van der Waals surface area contributed by atoms with Crippen LogP contribution in [-0.2, 0) is 6.54 Å². The van der Waals surface area contributed by atoms with Gasteiger partial charge < -0.3 is 19.9 Å². The van der Waals surface area contributed by atoms with E-state index in [0.717, 1.165) is 31.0 Å². The zero-order valence-electron chi connectivity index (χ0n) is 14.2. The zero-order valence-corrected chi connectivity index (χ0v) is 14.2. The van der Waals surface area contributed by atoms with Gasteiger partial charge in [0, 0.05) is 31.1 Å². The van der Waals surface area contributed by atoms with Crippen LogP contribution in [0.5, 0.6) is 11.5 Å². The number of fused-ring (bicyclic) bond motifs is 3. The standard InChI is InChI=1S/C19H24N2O3/c1-10(2)20-14-5-11-3-4-21-8-12-6-15-16(24-9-23-15)7-13(12)17(18(11)21)19(14)22/h5-7,10,14,17-20,22H,3-4,8-9H2,1-2H3/t14-,17-,18+,19+/m0/s1. The van der Waals surface area contributed by atoms with Gasteiger partial charge in [0.05, 0.1) is 12.1 Å². The molecule has 0 bridgehead atoms. The number of hydrogen-bond acceptors (Lipinski definition) is 5. The van der Waals surface area contributed by atoms with Gasteiger partial charge >= 0.3 is 0 Å². The minimum atomic E-state index is -0.429. The van der Waals surface area contributed by atoms with Gasteiger partial charge in [0.25, 0.3) is 0 Å². The van der Waals surface area contributed by atoms with Gasteiger partial charge in [0.15, 0.2) is 11.5 Å². The average molecular weight is 328 g/mol. The fraction of sp³-hybridized carbons (Fsp3) is 0.579. The highest BCUT2D eigenvalue weighted by molar-refractivity contribution is 5.53. The van der Waals surface area contributed by atoms with Gasteiger partial charge in [-0.2, -0.15) is 0 Å². The molecule has 3 heterocycles. The molecule has 24 heavy (non-hydrogen) atoms. The zero-order chi connectivity index (χ0) is 16.4. The predicted molar refractivity (Wildman–Crippen MR) is 90.3 cm³/mol. The van der Waals surface area contributed by atoms with E-state index in [0.29, 0.717) is 18.9 Å². The number of nitrogens with one attached hydrogen (secondary N) is 1. The third kappa shape index (κ3) is 2.05. The van der Waals surface area contributed by atoms with Crippen LogP contribution in [0.2, 0.25) is 0 Å². The highest BCUT2D eigenvalue weighted by Gasteiger charge is 2.49. The van der Waals surface area contributed by atoms with Crippen molar-refractivity contribution in [2.24, 2.45) is 0 Å². The molecule has 0 saturated carbocycles. The van der Waals surface area contributed by atoms with Crippen LogP contribution < -0.4 is 14.8 Å². The Balaban J connectivity index is 1.61. The van der Waals surface area contributed by atoms with Gasteiger partial charge in [-0.05, 0) is 29.7 Å². The van der Waals surface area contributed by atoms with E-state index in [1.54, 1.807) is 0 Å². The van der Waals surface area contributed by atoms with E-state index in [9.17, 15) is 5.11 Å². The molecule has 1 aliphatic carbocycles. The first kappa shape index (κ1) is 14.8. The third-order valence-electron chi connectivity index (χ3n) is 5.82. The Kier molecular flexibility index (Phi) is 3.21. The van der Waals surface area contributed by atoms with E-state index in [1.807, 2.05) is 0 Å². The Hall–Kier alpha value is -1.56. The van der Waals surface area contributed by atoms with Gasteiger partial charge in [-0.15, -0.1) is 0 Å². The van der Waals surface area contributed by atoms with Crippen LogP contribution in [0.25, 0.3) is 0 Å². The minimum Gasteiger partial charge on any atom is -0.454 e. The van der Waals surface area contributed by atoms with Gasteiger partial charge in [-0.25, -0.2) is 0 Å². The molecule has 0 aromatic heterocycles. The third-order valence-corrected chi connectivity index (χ3v) is 5.82. The van der Waals surface area contributed by atoms with E-state index in [-0.39, 0.29) is 12.0 Å². The molecule has 1 aromatic carbocycles. The second kappa shape index (κ2) is 5.22. The summed E-state index contributed by atoms with van der Waals surface area (Å²) in [6, 6.07) is 4.91. The Morgan fingerprint density at radius 3 is 2.83 bits per heavy atom. The summed E-state index contributed by atoms with van der Waals surface area (Å²) in [5, 5.41) is 14.7. The van der Waals surface area contributed by atoms with E-state index < -0.39 is 6.10 Å². The molecule has 0 radical (unpaired) electrons. The van der Waals surface area contributed by atoms with Crippen LogP contribution in [0.3, 0.4) is 0 Å². The molecule has 4 atom stereocenters. The van der Waals surface area contributed by atoms with Crippen LogP contribution >= 0.6 is 0 Å². The number of aliphatic hydroxyl groups is 1. The van der Waals surface area contributed by atoms with E-state index in [1.165, 1.54) is 16.7 Å². The maximum absolute atomic E-state index is 11.2. The number of hydrogen-bond donors (Lipinski definition) is 2. The lowest BCUT2D eigenvalue weighted by molar-refractivity contribution is 0.0601. The number of benzene rings is 1. The monoisotopic (exact) mass is 328 g/mol. The second-order valence-electron chi connectivity index (χ2n) is 7.67. The molecule has 2 N–H and O–H groups in total. The summed E-state index contributed by atoms with van der Waals surface area (Å²) < 4.78 is 11.1. The van der Waals surface area contributed by atoms with Gasteiger partial charge in [0.1, 0.15) is 0 Å². The topological polar surface area (TPSA) is 54.0 Å². The van der Waals surface area contributed by atoms with E-state index in [4.69, 9.17) is 9.47 Å². The van der Waals surface area contributed by atoms with Crippen LogP contribution in [0.15, 0.2) is 23.8 Å². The van der Waals surface area contributed by atoms with Crippen molar-refractivity contribution in [1.82, 2.24) is 10.2 Å². The van der Waals surface area contributed by atoms with Crippen LogP contribution in [-0.4, -0.2) is 47.6 Å². The van der Waals surface area contributed by atoms with Gasteiger partial charge in [-0.3, -0.25) is 4.90 Å². The maximum Gasteiger partial charge on any atom is 0.231 e. The van der Waals surface area contributed by atoms with Crippen molar-refractivity contribution in [1.29, 1.82) is 0 Å². The molecule has 128 valence electrons. The SMILES string of the molecule is CC(C)N[C@H]1C=C2CCN3Cc4cc5c(cc4[C@H]([C@@H]1O)[C@@H]23)OCO5. The van der Waals surface area contributed by atoms with Crippen molar-refractivity contribution >= 4 is 0 Å². The molecule has 1 aromatic rings. The van der Waals surface area contributed by atoms with Crippen molar-refractivity contribution in [3.05, 3.63) is 34.9 Å². The molecule has 4 aliphatic rings. The normalized spacial score (nSPS) is 33.4. The fourth-order valence-electron chi connectivity index (χ4n) is 4.90. The molecule has 5 nitrogen and oxygen atoms in total. The minimum absolute atomic E-state index is 0.0116.